The number of allylic oxidation sites excluding steroid dienone is 1. The highest BCUT2D eigenvalue weighted by Crippen LogP contribution is 2.39. The number of sulfonamides is 1. The molecule has 0 unspecified atom stereocenters. The number of carboxylic acid groups (broad SMARTS) is 1. The predicted octanol–water partition coefficient (Wildman–Crippen LogP) is 5.12. The van der Waals surface area contributed by atoms with Crippen LogP contribution in [0.15, 0.2) is 59.5 Å². The number of ether oxygens (including phenoxy) is 2. The highest BCUT2D eigenvalue weighted by molar-refractivity contribution is 7.92. The summed E-state index contributed by atoms with van der Waals surface area (Å²) in [7, 11) is -3.10. The molecule has 0 saturated heterocycles. The van der Waals surface area contributed by atoms with Crippen molar-refractivity contribution in [3.8, 4) is 11.5 Å². The first kappa shape index (κ1) is 30.8. The van der Waals surface area contributed by atoms with Crippen LogP contribution in [0, 0.1) is 11.6 Å². The first-order chi connectivity index (χ1) is 19.9. The normalized spacial score (nSPS) is 15.0. The van der Waals surface area contributed by atoms with Gasteiger partial charge in [-0.05, 0) is 54.5 Å². The minimum atomic E-state index is -4.31. The van der Waals surface area contributed by atoms with Crippen LogP contribution in [0.4, 0.5) is 14.5 Å². The van der Waals surface area contributed by atoms with E-state index in [1.807, 2.05) is 0 Å². The summed E-state index contributed by atoms with van der Waals surface area (Å²) >= 11 is 6.21. The van der Waals surface area contributed by atoms with Crippen molar-refractivity contribution in [3.63, 3.8) is 0 Å². The molecule has 0 fully saturated rings. The Labute approximate surface area is 246 Å². The Morgan fingerprint density at radius 3 is 2.60 bits per heavy atom. The van der Waals surface area contributed by atoms with E-state index in [4.69, 9.17) is 26.2 Å². The maximum atomic E-state index is 14.5. The summed E-state index contributed by atoms with van der Waals surface area (Å²) in [6.07, 6.45) is 0.187. The number of rotatable bonds is 10. The lowest BCUT2D eigenvalue weighted by molar-refractivity contribution is -0.138. The molecule has 3 aromatic rings. The van der Waals surface area contributed by atoms with Gasteiger partial charge in [-0.3, -0.25) is 13.9 Å². The van der Waals surface area contributed by atoms with Gasteiger partial charge in [0, 0.05) is 18.1 Å². The Bertz CT molecular complexity index is 1640. The van der Waals surface area contributed by atoms with Crippen molar-refractivity contribution in [3.05, 3.63) is 82.4 Å². The number of halogens is 3. The maximum absolute atomic E-state index is 14.5. The highest BCUT2D eigenvalue weighted by atomic mass is 35.5. The fourth-order valence-corrected chi connectivity index (χ4v) is 6.24. The van der Waals surface area contributed by atoms with Crippen LogP contribution in [-0.2, 0) is 19.6 Å². The van der Waals surface area contributed by atoms with E-state index >= 15 is 0 Å². The highest BCUT2D eigenvalue weighted by Gasteiger charge is 2.35. The number of nitrogens with one attached hydrogen (secondary N) is 1. The second-order valence-electron chi connectivity index (χ2n) is 9.42. The average Bonchev–Trinajstić information content (AvgIpc) is 2.94. The second kappa shape index (κ2) is 12.8. The molecule has 222 valence electrons. The zero-order valence-electron chi connectivity index (χ0n) is 22.6. The molecule has 0 aromatic heterocycles. The third-order valence-corrected chi connectivity index (χ3v) is 8.55. The number of amides is 1. The van der Waals surface area contributed by atoms with Crippen LogP contribution in [0.2, 0.25) is 5.02 Å². The lowest BCUT2D eigenvalue weighted by atomic mass is 10.0. The summed E-state index contributed by atoms with van der Waals surface area (Å²) in [5.74, 6) is -3.00. The number of carboxylic acids is 1. The number of benzene rings is 3. The molecule has 4 rings (SSSR count). The Kier molecular flexibility index (Phi) is 9.37. The van der Waals surface area contributed by atoms with Crippen molar-refractivity contribution in [1.29, 1.82) is 0 Å². The molecule has 3 aromatic carbocycles. The van der Waals surface area contributed by atoms with Crippen LogP contribution < -0.4 is 19.1 Å². The zero-order valence-corrected chi connectivity index (χ0v) is 24.1. The van der Waals surface area contributed by atoms with E-state index in [1.165, 1.54) is 19.2 Å². The SMILES string of the molecule is COc1cc(S(=O)(=O)N2C[C@H](CNC(=O)CCC(=O)O)Oc3ccc(C=C(C)c4c(F)cccc4Cl)cc32)ccc1F. The molecule has 1 aliphatic rings. The van der Waals surface area contributed by atoms with Gasteiger partial charge < -0.3 is 19.9 Å². The van der Waals surface area contributed by atoms with E-state index in [-0.39, 0.29) is 58.6 Å². The summed E-state index contributed by atoms with van der Waals surface area (Å²) in [4.78, 5) is 22.6. The fraction of sp³-hybridized carbons (Fsp3) is 0.241. The van der Waals surface area contributed by atoms with Gasteiger partial charge in [-0.1, -0.05) is 29.8 Å². The molecular weight excluding hydrogens is 594 g/mol. The van der Waals surface area contributed by atoms with E-state index in [1.54, 1.807) is 37.3 Å². The van der Waals surface area contributed by atoms with Gasteiger partial charge in [-0.2, -0.15) is 0 Å². The van der Waals surface area contributed by atoms with Crippen LogP contribution in [0.1, 0.15) is 30.9 Å². The van der Waals surface area contributed by atoms with E-state index in [9.17, 15) is 26.8 Å². The van der Waals surface area contributed by atoms with Gasteiger partial charge in [0.1, 0.15) is 17.7 Å². The minimum Gasteiger partial charge on any atom is -0.494 e. The number of hydrogen-bond acceptors (Lipinski definition) is 6. The van der Waals surface area contributed by atoms with Gasteiger partial charge in [0.25, 0.3) is 10.0 Å². The van der Waals surface area contributed by atoms with Gasteiger partial charge in [0.2, 0.25) is 5.91 Å². The smallest absolute Gasteiger partial charge is 0.303 e. The molecule has 0 aliphatic carbocycles. The summed E-state index contributed by atoms with van der Waals surface area (Å²) < 4.78 is 68.4. The largest absolute Gasteiger partial charge is 0.494 e. The van der Waals surface area contributed by atoms with Crippen molar-refractivity contribution in [2.24, 2.45) is 0 Å². The number of aliphatic carboxylic acids is 1. The molecule has 1 amide bonds. The Balaban J connectivity index is 1.72. The van der Waals surface area contributed by atoms with E-state index in [2.05, 4.69) is 5.32 Å². The third kappa shape index (κ3) is 6.82. The molecule has 9 nitrogen and oxygen atoms in total. The second-order valence-corrected chi connectivity index (χ2v) is 11.7. The molecule has 0 radical (unpaired) electrons. The van der Waals surface area contributed by atoms with Crippen molar-refractivity contribution in [2.75, 3.05) is 24.5 Å². The minimum absolute atomic E-state index is 0.108. The Morgan fingerprint density at radius 2 is 1.90 bits per heavy atom. The van der Waals surface area contributed by atoms with Crippen LogP contribution in [0.25, 0.3) is 11.6 Å². The topological polar surface area (TPSA) is 122 Å². The Morgan fingerprint density at radius 1 is 1.14 bits per heavy atom. The summed E-state index contributed by atoms with van der Waals surface area (Å²) in [5, 5.41) is 11.6. The fourth-order valence-electron chi connectivity index (χ4n) is 4.41. The first-order valence-electron chi connectivity index (χ1n) is 12.7. The van der Waals surface area contributed by atoms with Crippen molar-refractivity contribution < 1.29 is 41.4 Å². The zero-order chi connectivity index (χ0) is 30.6. The van der Waals surface area contributed by atoms with Crippen molar-refractivity contribution in [2.45, 2.75) is 30.8 Å². The molecule has 42 heavy (non-hydrogen) atoms. The standard InChI is InChI=1S/C29H27ClF2N2O7S/c1-17(29-21(30)4-3-5-23(29)32)12-18-6-9-25-24(13-18)34(16-19(41-25)15-33-27(35)10-11-28(36)37)42(38,39)20-7-8-22(31)26(14-20)40-2/h3-9,12-14,19H,10-11,15-16H2,1-2H3,(H,33,35)(H,36,37)/t19-/m0/s1. The number of fused-ring (bicyclic) bond motifs is 1. The molecule has 0 spiro atoms. The predicted molar refractivity (Wildman–Crippen MR) is 153 cm³/mol. The van der Waals surface area contributed by atoms with E-state index in [0.717, 1.165) is 22.5 Å². The third-order valence-electron chi connectivity index (χ3n) is 6.46. The molecule has 1 aliphatic heterocycles. The van der Waals surface area contributed by atoms with Crippen LogP contribution in [0.3, 0.4) is 0 Å². The molecule has 0 saturated carbocycles. The number of anilines is 1. The lowest BCUT2D eigenvalue weighted by Crippen LogP contribution is -2.48. The van der Waals surface area contributed by atoms with Crippen molar-refractivity contribution >= 4 is 50.8 Å². The average molecular weight is 621 g/mol. The molecule has 0 bridgehead atoms. The number of methoxy groups -OCH3 is 1. The summed E-state index contributed by atoms with van der Waals surface area (Å²) in [5.41, 5.74) is 1.38. The monoisotopic (exact) mass is 620 g/mol. The molecule has 1 atom stereocenters. The molecule has 13 heteroatoms. The van der Waals surface area contributed by atoms with E-state index < -0.39 is 39.6 Å². The number of hydrogen-bond donors (Lipinski definition) is 2. The van der Waals surface area contributed by atoms with Gasteiger partial charge in [-0.25, -0.2) is 17.2 Å². The molecule has 2 N–H and O–H groups in total. The molecule has 1 heterocycles. The Hall–Kier alpha value is -4.16. The van der Waals surface area contributed by atoms with Gasteiger partial charge in [0.05, 0.1) is 42.2 Å². The summed E-state index contributed by atoms with van der Waals surface area (Å²) in [6, 6.07) is 12.2. The maximum Gasteiger partial charge on any atom is 0.303 e. The first-order valence-corrected chi connectivity index (χ1v) is 14.5. The van der Waals surface area contributed by atoms with Crippen LogP contribution in [-0.4, -0.2) is 51.7 Å². The van der Waals surface area contributed by atoms with Gasteiger partial charge in [0.15, 0.2) is 11.6 Å². The van der Waals surface area contributed by atoms with Gasteiger partial charge in [-0.15, -0.1) is 0 Å². The van der Waals surface area contributed by atoms with Crippen LogP contribution in [0.5, 0.6) is 11.5 Å². The van der Waals surface area contributed by atoms with Crippen molar-refractivity contribution in [1.82, 2.24) is 5.32 Å². The number of carbonyl (C=O) groups is 2. The van der Waals surface area contributed by atoms with Crippen LogP contribution >= 0.6 is 11.6 Å². The number of carbonyl (C=O) groups excluding carboxylic acids is 1. The van der Waals surface area contributed by atoms with E-state index in [0.29, 0.717) is 11.1 Å². The molecular formula is C29H27ClF2N2O7S. The number of nitrogens with zero attached hydrogens (tertiary/aromatic N) is 1. The summed E-state index contributed by atoms with van der Waals surface area (Å²) in [6.45, 7) is 1.32. The lowest BCUT2D eigenvalue weighted by Gasteiger charge is -2.35. The van der Waals surface area contributed by atoms with Gasteiger partial charge >= 0.3 is 5.97 Å². The quantitative estimate of drug-likeness (QED) is 0.302.